The first-order valence-corrected chi connectivity index (χ1v) is 7.06. The summed E-state index contributed by atoms with van der Waals surface area (Å²) in [6.45, 7) is 3.46. The Morgan fingerprint density at radius 2 is 2.15 bits per heavy atom. The molecule has 20 heavy (non-hydrogen) atoms. The SMILES string of the molecule is CNC(=O)c1cn2nc(CCN3CCCC3)ccc2n1. The van der Waals surface area contributed by atoms with Crippen molar-refractivity contribution in [2.24, 2.45) is 0 Å². The molecule has 0 atom stereocenters. The maximum Gasteiger partial charge on any atom is 0.271 e. The number of carbonyl (C=O) groups is 1. The van der Waals surface area contributed by atoms with Gasteiger partial charge in [0.15, 0.2) is 5.65 Å². The summed E-state index contributed by atoms with van der Waals surface area (Å²) in [5.41, 5.74) is 2.13. The summed E-state index contributed by atoms with van der Waals surface area (Å²) >= 11 is 0. The normalized spacial score (nSPS) is 15.8. The highest BCUT2D eigenvalue weighted by molar-refractivity contribution is 5.92. The van der Waals surface area contributed by atoms with Crippen molar-refractivity contribution in [1.29, 1.82) is 0 Å². The number of amides is 1. The summed E-state index contributed by atoms with van der Waals surface area (Å²) in [6.07, 6.45) is 5.23. The van der Waals surface area contributed by atoms with Gasteiger partial charge < -0.3 is 10.2 Å². The Morgan fingerprint density at radius 1 is 1.35 bits per heavy atom. The molecule has 3 heterocycles. The van der Waals surface area contributed by atoms with Crippen molar-refractivity contribution in [1.82, 2.24) is 24.8 Å². The van der Waals surface area contributed by atoms with Gasteiger partial charge in [0.1, 0.15) is 5.69 Å². The molecule has 0 bridgehead atoms. The van der Waals surface area contributed by atoms with E-state index < -0.39 is 0 Å². The maximum absolute atomic E-state index is 11.5. The minimum absolute atomic E-state index is 0.186. The summed E-state index contributed by atoms with van der Waals surface area (Å²) in [5, 5.41) is 7.09. The summed E-state index contributed by atoms with van der Waals surface area (Å²) < 4.78 is 1.68. The zero-order chi connectivity index (χ0) is 13.9. The third-order valence-electron chi connectivity index (χ3n) is 3.72. The Kier molecular flexibility index (Phi) is 3.64. The van der Waals surface area contributed by atoms with Crippen molar-refractivity contribution in [2.75, 3.05) is 26.7 Å². The monoisotopic (exact) mass is 273 g/mol. The van der Waals surface area contributed by atoms with Crippen molar-refractivity contribution < 1.29 is 4.79 Å². The number of imidazole rings is 1. The Labute approximate surface area is 117 Å². The van der Waals surface area contributed by atoms with Crippen LogP contribution >= 0.6 is 0 Å². The van der Waals surface area contributed by atoms with E-state index in [0.717, 1.165) is 18.7 Å². The number of hydrogen-bond donors (Lipinski definition) is 1. The zero-order valence-corrected chi connectivity index (χ0v) is 11.7. The highest BCUT2D eigenvalue weighted by atomic mass is 16.1. The first kappa shape index (κ1) is 13.1. The number of nitrogens with one attached hydrogen (secondary N) is 1. The van der Waals surface area contributed by atoms with Crippen LogP contribution in [0.3, 0.4) is 0 Å². The lowest BCUT2D eigenvalue weighted by molar-refractivity contribution is 0.0958. The summed E-state index contributed by atoms with van der Waals surface area (Å²) in [5.74, 6) is -0.186. The van der Waals surface area contributed by atoms with E-state index >= 15 is 0 Å². The van der Waals surface area contributed by atoms with Crippen LogP contribution in [0, 0.1) is 0 Å². The Balaban J connectivity index is 1.74. The average Bonchev–Trinajstić information content (AvgIpc) is 3.12. The molecule has 1 aliphatic rings. The number of aromatic nitrogens is 3. The molecular formula is C14H19N5O. The molecule has 0 unspecified atom stereocenters. The fourth-order valence-electron chi connectivity index (χ4n) is 2.57. The van der Waals surface area contributed by atoms with E-state index in [1.165, 1.54) is 25.9 Å². The predicted octanol–water partition coefficient (Wildman–Crippen LogP) is 0.727. The van der Waals surface area contributed by atoms with Crippen molar-refractivity contribution in [3.05, 3.63) is 29.7 Å². The molecule has 1 N–H and O–H groups in total. The molecule has 6 nitrogen and oxygen atoms in total. The van der Waals surface area contributed by atoms with Gasteiger partial charge >= 0.3 is 0 Å². The van der Waals surface area contributed by atoms with E-state index in [9.17, 15) is 4.79 Å². The van der Waals surface area contributed by atoms with Gasteiger partial charge in [-0.15, -0.1) is 0 Å². The summed E-state index contributed by atoms with van der Waals surface area (Å²) in [7, 11) is 1.60. The second kappa shape index (κ2) is 5.58. The zero-order valence-electron chi connectivity index (χ0n) is 11.7. The molecule has 6 heteroatoms. The second-order valence-corrected chi connectivity index (χ2v) is 5.13. The van der Waals surface area contributed by atoms with Gasteiger partial charge in [-0.25, -0.2) is 9.50 Å². The van der Waals surface area contributed by atoms with Crippen LogP contribution in [-0.2, 0) is 6.42 Å². The van der Waals surface area contributed by atoms with Gasteiger partial charge in [0, 0.05) is 20.0 Å². The molecule has 1 amide bonds. The third-order valence-corrected chi connectivity index (χ3v) is 3.72. The van der Waals surface area contributed by atoms with Crippen LogP contribution < -0.4 is 5.32 Å². The van der Waals surface area contributed by atoms with Crippen LogP contribution in [0.4, 0.5) is 0 Å². The Bertz CT molecular complexity index is 615. The quantitative estimate of drug-likeness (QED) is 0.892. The van der Waals surface area contributed by atoms with Crippen LogP contribution in [0.5, 0.6) is 0 Å². The minimum Gasteiger partial charge on any atom is -0.354 e. The molecule has 0 aromatic carbocycles. The molecular weight excluding hydrogens is 254 g/mol. The van der Waals surface area contributed by atoms with Gasteiger partial charge in [-0.3, -0.25) is 4.79 Å². The van der Waals surface area contributed by atoms with Gasteiger partial charge in [-0.2, -0.15) is 5.10 Å². The van der Waals surface area contributed by atoms with Gasteiger partial charge in [-0.1, -0.05) is 0 Å². The fraction of sp³-hybridized carbons (Fsp3) is 0.500. The second-order valence-electron chi connectivity index (χ2n) is 5.13. The summed E-state index contributed by atoms with van der Waals surface area (Å²) in [4.78, 5) is 18.3. The van der Waals surface area contributed by atoms with E-state index in [1.807, 2.05) is 12.1 Å². The molecule has 106 valence electrons. The molecule has 1 saturated heterocycles. The predicted molar refractivity (Wildman–Crippen MR) is 75.8 cm³/mol. The third kappa shape index (κ3) is 2.65. The molecule has 2 aromatic heterocycles. The summed E-state index contributed by atoms with van der Waals surface area (Å²) in [6, 6.07) is 3.91. The number of carbonyl (C=O) groups excluding carboxylic acids is 1. The van der Waals surface area contributed by atoms with Crippen LogP contribution in [0.1, 0.15) is 29.0 Å². The lowest BCUT2D eigenvalue weighted by atomic mass is 10.3. The number of rotatable bonds is 4. The highest BCUT2D eigenvalue weighted by Gasteiger charge is 2.12. The molecule has 0 saturated carbocycles. The van der Waals surface area contributed by atoms with E-state index in [0.29, 0.717) is 11.3 Å². The fourth-order valence-corrected chi connectivity index (χ4v) is 2.57. The average molecular weight is 273 g/mol. The van der Waals surface area contributed by atoms with Crippen LogP contribution in [0.15, 0.2) is 18.3 Å². The van der Waals surface area contributed by atoms with Crippen LogP contribution in [-0.4, -0.2) is 52.1 Å². The van der Waals surface area contributed by atoms with E-state index in [4.69, 9.17) is 0 Å². The van der Waals surface area contributed by atoms with Gasteiger partial charge in [-0.05, 0) is 38.1 Å². The topological polar surface area (TPSA) is 62.5 Å². The van der Waals surface area contributed by atoms with Crippen molar-refractivity contribution in [2.45, 2.75) is 19.3 Å². The van der Waals surface area contributed by atoms with E-state index in [2.05, 4.69) is 20.3 Å². The molecule has 0 radical (unpaired) electrons. The maximum atomic E-state index is 11.5. The first-order chi connectivity index (χ1) is 9.76. The van der Waals surface area contributed by atoms with Gasteiger partial charge in [0.25, 0.3) is 5.91 Å². The molecule has 0 aliphatic carbocycles. The van der Waals surface area contributed by atoms with Crippen molar-refractivity contribution in [3.8, 4) is 0 Å². The first-order valence-electron chi connectivity index (χ1n) is 7.06. The molecule has 1 fully saturated rings. The lowest BCUT2D eigenvalue weighted by Gasteiger charge is -2.13. The minimum atomic E-state index is -0.186. The smallest absolute Gasteiger partial charge is 0.271 e. The number of likely N-dealkylation sites (tertiary alicyclic amines) is 1. The van der Waals surface area contributed by atoms with Crippen molar-refractivity contribution >= 4 is 11.6 Å². The van der Waals surface area contributed by atoms with Crippen LogP contribution in [0.2, 0.25) is 0 Å². The number of fused-ring (bicyclic) bond motifs is 1. The number of nitrogens with zero attached hydrogens (tertiary/aromatic N) is 4. The van der Waals surface area contributed by atoms with Gasteiger partial charge in [0.2, 0.25) is 0 Å². The highest BCUT2D eigenvalue weighted by Crippen LogP contribution is 2.09. The molecule has 0 spiro atoms. The number of hydrogen-bond acceptors (Lipinski definition) is 4. The molecule has 1 aliphatic heterocycles. The largest absolute Gasteiger partial charge is 0.354 e. The molecule has 2 aromatic rings. The molecule has 3 rings (SSSR count). The standard InChI is InChI=1S/C14H19N5O/c1-15-14(20)12-10-19-13(16-12)5-4-11(17-19)6-9-18-7-2-3-8-18/h4-5,10H,2-3,6-9H2,1H3,(H,15,20). The lowest BCUT2D eigenvalue weighted by Crippen LogP contribution is -2.22. The van der Waals surface area contributed by atoms with E-state index in [-0.39, 0.29) is 5.91 Å². The van der Waals surface area contributed by atoms with Crippen molar-refractivity contribution in [3.63, 3.8) is 0 Å². The van der Waals surface area contributed by atoms with E-state index in [1.54, 1.807) is 17.8 Å². The Morgan fingerprint density at radius 3 is 2.90 bits per heavy atom. The Hall–Kier alpha value is -1.95. The van der Waals surface area contributed by atoms with Gasteiger partial charge in [0.05, 0.1) is 11.9 Å². The van der Waals surface area contributed by atoms with Crippen LogP contribution in [0.25, 0.3) is 5.65 Å².